The summed E-state index contributed by atoms with van der Waals surface area (Å²) in [7, 11) is 2.77. The second-order valence-corrected chi connectivity index (χ2v) is 5.92. The summed E-state index contributed by atoms with van der Waals surface area (Å²) < 4.78 is 168. The van der Waals surface area contributed by atoms with Crippen molar-refractivity contribution in [3.05, 3.63) is 5.21 Å². The molecule has 0 radical (unpaired) electrons. The molecule has 5 nitrogen and oxygen atoms in total. The van der Waals surface area contributed by atoms with Crippen LogP contribution >= 0.6 is 0 Å². The Morgan fingerprint density at radius 3 is 1.53 bits per heavy atom. The van der Waals surface area contributed by atoms with Gasteiger partial charge in [0.2, 0.25) is 0 Å². The van der Waals surface area contributed by atoms with Crippen molar-refractivity contribution in [2.75, 3.05) is 27.2 Å². The Bertz CT molecular complexity index is 607. The fourth-order valence-corrected chi connectivity index (χ4v) is 1.56. The van der Waals surface area contributed by atoms with Gasteiger partial charge in [0.05, 0.1) is 0 Å². The highest BCUT2D eigenvalue weighted by atomic mass is 19.4. The lowest BCUT2D eigenvalue weighted by atomic mass is 10.1. The van der Waals surface area contributed by atoms with Crippen molar-refractivity contribution in [2.45, 2.75) is 42.6 Å². The molecule has 0 aromatic heterocycles. The van der Waals surface area contributed by atoms with Gasteiger partial charge in [-0.15, -0.1) is 0 Å². The molecule has 0 bridgehead atoms. The number of carbonyl (C=O) groups is 1. The van der Waals surface area contributed by atoms with Crippen LogP contribution in [0.15, 0.2) is 0 Å². The van der Waals surface area contributed by atoms with E-state index in [1.54, 1.807) is 0 Å². The molecule has 0 unspecified atom stereocenters. The topological polar surface area (TPSA) is 55.8 Å². The molecular formula is C12H12F13N2O3-. The number of hydrogen-bond donors (Lipinski definition) is 0. The second kappa shape index (κ2) is 8.52. The molecule has 0 saturated heterocycles. The molecule has 18 heteroatoms. The Morgan fingerprint density at radius 1 is 0.767 bits per heavy atom. The van der Waals surface area contributed by atoms with E-state index in [2.05, 4.69) is 0 Å². The van der Waals surface area contributed by atoms with E-state index in [9.17, 15) is 67.1 Å². The Balaban J connectivity index is 5.77. The second-order valence-electron chi connectivity index (χ2n) is 5.92. The average molecular weight is 479 g/mol. The molecule has 0 aliphatic carbocycles. The highest BCUT2D eigenvalue weighted by molar-refractivity contribution is 5.85. The van der Waals surface area contributed by atoms with Gasteiger partial charge in [-0.1, -0.05) is 0 Å². The average Bonchev–Trinajstić information content (AvgIpc) is 2.50. The zero-order valence-corrected chi connectivity index (χ0v) is 14.7. The predicted octanol–water partition coefficient (Wildman–Crippen LogP) is 3.93. The molecule has 0 aromatic carbocycles. The number of ether oxygens (including phenoxy) is 1. The van der Waals surface area contributed by atoms with E-state index in [1.165, 1.54) is 23.7 Å². The maximum absolute atomic E-state index is 13.5. The minimum Gasteiger partial charge on any atom is -0.756 e. The van der Waals surface area contributed by atoms with E-state index in [-0.39, 0.29) is 6.54 Å². The monoisotopic (exact) mass is 479 g/mol. The van der Waals surface area contributed by atoms with Crippen LogP contribution in [0, 0.1) is 5.21 Å². The molecule has 0 rings (SSSR count). The van der Waals surface area contributed by atoms with Crippen molar-refractivity contribution in [3.63, 3.8) is 0 Å². The van der Waals surface area contributed by atoms with Crippen LogP contribution in [-0.2, 0) is 9.53 Å². The summed E-state index contributed by atoms with van der Waals surface area (Å²) in [5, 5.41) is 9.72. The molecule has 0 atom stereocenters. The number of nitrogens with zero attached hydrogens (tertiary/aromatic N) is 2. The van der Waals surface area contributed by atoms with E-state index in [0.29, 0.717) is 0 Å². The molecule has 0 N–H and O–H groups in total. The number of amides is 1. The predicted molar refractivity (Wildman–Crippen MR) is 70.1 cm³/mol. The van der Waals surface area contributed by atoms with Crippen LogP contribution in [0.5, 0.6) is 0 Å². The molecule has 0 heterocycles. The van der Waals surface area contributed by atoms with Crippen LogP contribution in [0.1, 0.15) is 6.42 Å². The summed E-state index contributed by atoms with van der Waals surface area (Å²) in [5.41, 5.74) is 0. The minimum absolute atomic E-state index is 0.0913. The fraction of sp³-hybridized carbons (Fsp3) is 0.917. The van der Waals surface area contributed by atoms with Gasteiger partial charge in [0.25, 0.3) is 5.91 Å². The Hall–Kier alpha value is -1.56. The van der Waals surface area contributed by atoms with Crippen LogP contribution in [0.4, 0.5) is 57.1 Å². The van der Waals surface area contributed by atoms with Gasteiger partial charge in [-0.25, -0.2) is 4.74 Å². The smallest absolute Gasteiger partial charge is 0.462 e. The largest absolute Gasteiger partial charge is 0.756 e. The van der Waals surface area contributed by atoms with Crippen molar-refractivity contribution >= 4 is 5.91 Å². The Morgan fingerprint density at radius 2 is 1.17 bits per heavy atom. The van der Waals surface area contributed by atoms with Gasteiger partial charge in [0.1, 0.15) is 0 Å². The molecule has 0 spiro atoms. The minimum atomic E-state index is -7.52. The highest BCUT2D eigenvalue weighted by Crippen LogP contribution is 2.54. The maximum atomic E-state index is 13.5. The number of rotatable bonds is 10. The van der Waals surface area contributed by atoms with Crippen LogP contribution in [0.2, 0.25) is 0 Å². The summed E-state index contributed by atoms with van der Waals surface area (Å²) in [6.07, 6.45) is -22.7. The number of hydroxylamine groups is 2. The van der Waals surface area contributed by atoms with Gasteiger partial charge in [0.15, 0.2) is 0 Å². The third-order valence-corrected chi connectivity index (χ3v) is 3.20. The van der Waals surface area contributed by atoms with E-state index >= 15 is 0 Å². The third kappa shape index (κ3) is 5.37. The first-order chi connectivity index (χ1) is 13.0. The van der Waals surface area contributed by atoms with Crippen molar-refractivity contribution in [3.8, 4) is 0 Å². The lowest BCUT2D eigenvalue weighted by Crippen LogP contribution is -2.65. The molecule has 180 valence electrons. The van der Waals surface area contributed by atoms with Crippen LogP contribution in [-0.4, -0.2) is 79.2 Å². The summed E-state index contributed by atoms with van der Waals surface area (Å²) in [6.45, 7) is -1.36. The molecule has 1 amide bonds. The van der Waals surface area contributed by atoms with Crippen molar-refractivity contribution in [1.82, 2.24) is 9.96 Å². The van der Waals surface area contributed by atoms with Gasteiger partial charge in [-0.3, -0.25) is 4.79 Å². The molecule has 0 fully saturated rings. The number of alkyl halides is 13. The SMILES string of the molecule is CN(C)CCCN([O-])C(=O)C(F)(F)C(F)(F)C(F)(F)OC(F)(F)C(F)(F)C(F)(F)F. The van der Waals surface area contributed by atoms with Crippen molar-refractivity contribution in [2.24, 2.45) is 0 Å². The van der Waals surface area contributed by atoms with Crippen molar-refractivity contribution < 1.29 is 66.6 Å². The maximum Gasteiger partial charge on any atom is 0.462 e. The van der Waals surface area contributed by atoms with Gasteiger partial charge >= 0.3 is 36.2 Å². The van der Waals surface area contributed by atoms with Crippen LogP contribution in [0.3, 0.4) is 0 Å². The first-order valence-corrected chi connectivity index (χ1v) is 7.25. The third-order valence-electron chi connectivity index (χ3n) is 3.20. The number of hydrogen-bond acceptors (Lipinski definition) is 4. The van der Waals surface area contributed by atoms with Gasteiger partial charge in [-0.2, -0.15) is 57.1 Å². The lowest BCUT2D eigenvalue weighted by molar-refractivity contribution is -0.505. The Labute approximate surface area is 158 Å². The number of halogens is 13. The summed E-state index contributed by atoms with van der Waals surface area (Å²) in [4.78, 5) is 12.4. The molecule has 0 saturated carbocycles. The molecule has 0 aliphatic heterocycles. The zero-order chi connectivity index (χ0) is 24.6. The lowest BCUT2D eigenvalue weighted by Gasteiger charge is -2.38. The summed E-state index contributed by atoms with van der Waals surface area (Å²) in [5.74, 6) is -25.4. The fourth-order valence-electron chi connectivity index (χ4n) is 1.56. The summed E-state index contributed by atoms with van der Waals surface area (Å²) in [6, 6.07) is 0. The first-order valence-electron chi connectivity index (χ1n) is 7.25. The molecule has 30 heavy (non-hydrogen) atoms. The highest BCUT2D eigenvalue weighted by Gasteiger charge is 2.83. The Kier molecular flexibility index (Phi) is 8.08. The number of carbonyl (C=O) groups excluding carboxylic acids is 1. The van der Waals surface area contributed by atoms with E-state index in [0.717, 1.165) is 0 Å². The quantitative estimate of drug-likeness (QED) is 0.352. The van der Waals surface area contributed by atoms with Crippen LogP contribution in [0.25, 0.3) is 0 Å². The van der Waals surface area contributed by atoms with E-state index in [4.69, 9.17) is 0 Å². The van der Waals surface area contributed by atoms with Gasteiger partial charge in [0, 0.05) is 6.54 Å². The van der Waals surface area contributed by atoms with Gasteiger partial charge in [-0.05, 0) is 27.1 Å². The normalized spacial score (nSPS) is 15.0. The van der Waals surface area contributed by atoms with Crippen LogP contribution < -0.4 is 0 Å². The summed E-state index contributed by atoms with van der Waals surface area (Å²) >= 11 is 0. The van der Waals surface area contributed by atoms with Gasteiger partial charge < -0.3 is 15.2 Å². The van der Waals surface area contributed by atoms with Crippen molar-refractivity contribution in [1.29, 1.82) is 0 Å². The molecular weight excluding hydrogens is 467 g/mol. The molecule has 0 aromatic rings. The molecule has 0 aliphatic rings. The van der Waals surface area contributed by atoms with E-state index < -0.39 is 60.1 Å². The zero-order valence-electron chi connectivity index (χ0n) is 14.7. The van der Waals surface area contributed by atoms with E-state index in [1.807, 2.05) is 0 Å². The first kappa shape index (κ1) is 28.4. The standard InChI is InChI=1S/C12H12F13N2O3/c1-26(2)4-3-5-27(29)6(28)7(13,14)8(15,16)11(22,23)30-12(24,25)9(17,18)10(19,20)21/h3-5H2,1-2H3/q-1.